The van der Waals surface area contributed by atoms with Crippen LogP contribution in [0.2, 0.25) is 5.02 Å². The average Bonchev–Trinajstić information content (AvgIpc) is 2.84. The largest absolute Gasteiger partial charge is 0.478 e. The van der Waals surface area contributed by atoms with Gasteiger partial charge in [-0.2, -0.15) is 0 Å². The summed E-state index contributed by atoms with van der Waals surface area (Å²) in [4.78, 5) is 27.8. The summed E-state index contributed by atoms with van der Waals surface area (Å²) in [5.74, 6) is -1.09. The zero-order chi connectivity index (χ0) is 15.4. The Bertz CT molecular complexity index is 687. The molecule has 0 saturated heterocycles. The number of thiazole rings is 1. The van der Waals surface area contributed by atoms with Crippen molar-refractivity contribution in [1.29, 1.82) is 0 Å². The first-order chi connectivity index (χ1) is 9.95. The van der Waals surface area contributed by atoms with E-state index in [-0.39, 0.29) is 16.3 Å². The van der Waals surface area contributed by atoms with Crippen molar-refractivity contribution in [3.8, 4) is 0 Å². The lowest BCUT2D eigenvalue weighted by atomic mass is 10.2. The topological polar surface area (TPSA) is 91.3 Å². The molecule has 8 heteroatoms. The van der Waals surface area contributed by atoms with Crippen molar-refractivity contribution >= 4 is 40.6 Å². The van der Waals surface area contributed by atoms with Gasteiger partial charge in [-0.05, 0) is 25.1 Å². The number of nitrogens with zero attached hydrogens (tertiary/aromatic N) is 1. The SMILES string of the molecule is Cc1cnc(CNC(=O)Nc2cc(C(=O)O)ccc2Cl)s1. The van der Waals surface area contributed by atoms with E-state index in [2.05, 4.69) is 15.6 Å². The van der Waals surface area contributed by atoms with E-state index in [1.54, 1.807) is 6.20 Å². The van der Waals surface area contributed by atoms with Crippen molar-refractivity contribution in [3.05, 3.63) is 44.9 Å². The van der Waals surface area contributed by atoms with E-state index in [0.717, 1.165) is 9.88 Å². The predicted molar refractivity (Wildman–Crippen MR) is 81.1 cm³/mol. The van der Waals surface area contributed by atoms with Gasteiger partial charge in [-0.3, -0.25) is 0 Å². The van der Waals surface area contributed by atoms with Crippen LogP contribution >= 0.6 is 22.9 Å². The van der Waals surface area contributed by atoms with E-state index in [4.69, 9.17) is 16.7 Å². The summed E-state index contributed by atoms with van der Waals surface area (Å²) in [5, 5.41) is 15.1. The van der Waals surface area contributed by atoms with Gasteiger partial charge < -0.3 is 15.7 Å². The molecule has 0 atom stereocenters. The summed E-state index contributed by atoms with van der Waals surface area (Å²) in [6.07, 6.45) is 1.73. The summed E-state index contributed by atoms with van der Waals surface area (Å²) < 4.78 is 0. The Labute approximate surface area is 129 Å². The van der Waals surface area contributed by atoms with Gasteiger partial charge in [0.2, 0.25) is 0 Å². The van der Waals surface area contributed by atoms with Crippen molar-refractivity contribution in [2.75, 3.05) is 5.32 Å². The first-order valence-electron chi connectivity index (χ1n) is 5.94. The third-order valence-corrected chi connectivity index (χ3v) is 3.77. The number of halogens is 1. The Morgan fingerprint density at radius 3 is 2.81 bits per heavy atom. The van der Waals surface area contributed by atoms with Crippen molar-refractivity contribution < 1.29 is 14.7 Å². The molecule has 0 aliphatic rings. The number of amides is 2. The first-order valence-corrected chi connectivity index (χ1v) is 7.14. The number of carbonyl (C=O) groups is 2. The van der Waals surface area contributed by atoms with Crippen LogP contribution in [0.5, 0.6) is 0 Å². The smallest absolute Gasteiger partial charge is 0.335 e. The molecule has 21 heavy (non-hydrogen) atoms. The number of rotatable bonds is 4. The normalized spacial score (nSPS) is 10.2. The van der Waals surface area contributed by atoms with Crippen LogP contribution in [0.4, 0.5) is 10.5 Å². The molecule has 1 aromatic carbocycles. The highest BCUT2D eigenvalue weighted by Gasteiger charge is 2.10. The maximum Gasteiger partial charge on any atom is 0.335 e. The molecule has 0 aliphatic heterocycles. The van der Waals surface area contributed by atoms with Gasteiger partial charge in [0.25, 0.3) is 0 Å². The van der Waals surface area contributed by atoms with E-state index < -0.39 is 12.0 Å². The Kier molecular flexibility index (Phi) is 4.77. The van der Waals surface area contributed by atoms with Gasteiger partial charge in [0.15, 0.2) is 0 Å². The molecule has 110 valence electrons. The van der Waals surface area contributed by atoms with Crippen LogP contribution in [0.1, 0.15) is 20.2 Å². The molecule has 0 saturated carbocycles. The second-order valence-corrected chi connectivity index (χ2v) is 5.90. The molecule has 0 radical (unpaired) electrons. The van der Waals surface area contributed by atoms with Crippen molar-refractivity contribution in [1.82, 2.24) is 10.3 Å². The molecule has 6 nitrogen and oxygen atoms in total. The lowest BCUT2D eigenvalue weighted by molar-refractivity contribution is 0.0697. The van der Waals surface area contributed by atoms with Crippen LogP contribution in [0, 0.1) is 6.92 Å². The van der Waals surface area contributed by atoms with Gasteiger partial charge in [0.1, 0.15) is 5.01 Å². The number of nitrogens with one attached hydrogen (secondary N) is 2. The Morgan fingerprint density at radius 1 is 1.43 bits per heavy atom. The van der Waals surface area contributed by atoms with Crippen LogP contribution < -0.4 is 10.6 Å². The number of carboxylic acid groups (broad SMARTS) is 1. The van der Waals surface area contributed by atoms with Crippen molar-refractivity contribution in [3.63, 3.8) is 0 Å². The molecular formula is C13H12ClN3O3S. The van der Waals surface area contributed by atoms with Gasteiger partial charge in [-0.15, -0.1) is 11.3 Å². The molecule has 2 aromatic rings. The fourth-order valence-electron chi connectivity index (χ4n) is 1.56. The molecule has 0 aliphatic carbocycles. The highest BCUT2D eigenvalue weighted by molar-refractivity contribution is 7.11. The monoisotopic (exact) mass is 325 g/mol. The predicted octanol–water partition coefficient (Wildman–Crippen LogP) is 3.12. The number of hydrogen-bond acceptors (Lipinski definition) is 4. The number of aryl methyl sites for hydroxylation is 1. The second kappa shape index (κ2) is 6.55. The molecular weight excluding hydrogens is 314 g/mol. The number of urea groups is 1. The standard InChI is InChI=1S/C13H12ClN3O3S/c1-7-5-15-11(21-7)6-16-13(20)17-10-4-8(12(18)19)2-3-9(10)14/h2-5H,6H2,1H3,(H,18,19)(H2,16,17,20). The number of aromatic nitrogens is 1. The quantitative estimate of drug-likeness (QED) is 0.805. The third kappa shape index (κ3) is 4.17. The number of benzene rings is 1. The summed E-state index contributed by atoms with van der Waals surface area (Å²) in [6.45, 7) is 2.22. The Balaban J connectivity index is 1.99. The van der Waals surface area contributed by atoms with Crippen LogP contribution in [-0.4, -0.2) is 22.1 Å². The maximum atomic E-state index is 11.8. The zero-order valence-corrected chi connectivity index (χ0v) is 12.6. The maximum absolute atomic E-state index is 11.8. The molecule has 2 rings (SSSR count). The Hall–Kier alpha value is -2.12. The Morgan fingerprint density at radius 2 is 2.19 bits per heavy atom. The van der Waals surface area contributed by atoms with Gasteiger partial charge in [0.05, 0.1) is 22.8 Å². The number of aromatic carboxylic acids is 1. The number of anilines is 1. The minimum atomic E-state index is -1.09. The van der Waals surface area contributed by atoms with Gasteiger partial charge in [-0.1, -0.05) is 11.6 Å². The molecule has 0 bridgehead atoms. The number of carboxylic acids is 1. The van der Waals surface area contributed by atoms with E-state index in [9.17, 15) is 9.59 Å². The minimum absolute atomic E-state index is 0.0465. The summed E-state index contributed by atoms with van der Waals surface area (Å²) in [7, 11) is 0. The van der Waals surface area contributed by atoms with Crippen LogP contribution in [0.3, 0.4) is 0 Å². The van der Waals surface area contributed by atoms with Gasteiger partial charge in [-0.25, -0.2) is 14.6 Å². The fraction of sp³-hybridized carbons (Fsp3) is 0.154. The van der Waals surface area contributed by atoms with Crippen LogP contribution in [0.25, 0.3) is 0 Å². The molecule has 1 aromatic heterocycles. The average molecular weight is 326 g/mol. The van der Waals surface area contributed by atoms with E-state index in [0.29, 0.717) is 6.54 Å². The van der Waals surface area contributed by atoms with Crippen LogP contribution in [0.15, 0.2) is 24.4 Å². The first kappa shape index (κ1) is 15.3. The van der Waals surface area contributed by atoms with Crippen LogP contribution in [-0.2, 0) is 6.54 Å². The molecule has 3 N–H and O–H groups in total. The van der Waals surface area contributed by atoms with E-state index in [1.807, 2.05) is 6.92 Å². The van der Waals surface area contributed by atoms with E-state index >= 15 is 0 Å². The van der Waals surface area contributed by atoms with Crippen molar-refractivity contribution in [2.24, 2.45) is 0 Å². The molecule has 2 amide bonds. The van der Waals surface area contributed by atoms with Gasteiger partial charge >= 0.3 is 12.0 Å². The van der Waals surface area contributed by atoms with E-state index in [1.165, 1.54) is 29.5 Å². The van der Waals surface area contributed by atoms with Gasteiger partial charge in [0, 0.05) is 11.1 Å². The lowest BCUT2D eigenvalue weighted by Crippen LogP contribution is -2.28. The molecule has 0 spiro atoms. The minimum Gasteiger partial charge on any atom is -0.478 e. The summed E-state index contributed by atoms with van der Waals surface area (Å²) in [5.41, 5.74) is 0.287. The summed E-state index contributed by atoms with van der Waals surface area (Å²) >= 11 is 7.41. The summed E-state index contributed by atoms with van der Waals surface area (Å²) in [6, 6.07) is 3.61. The highest BCUT2D eigenvalue weighted by atomic mass is 35.5. The number of carbonyl (C=O) groups excluding carboxylic acids is 1. The zero-order valence-electron chi connectivity index (χ0n) is 11.0. The molecule has 1 heterocycles. The second-order valence-electron chi connectivity index (χ2n) is 4.17. The third-order valence-electron chi connectivity index (χ3n) is 2.53. The van der Waals surface area contributed by atoms with Crippen molar-refractivity contribution in [2.45, 2.75) is 13.5 Å². The molecule has 0 unspecified atom stereocenters. The molecule has 0 fully saturated rings. The number of hydrogen-bond donors (Lipinski definition) is 3. The fourth-order valence-corrected chi connectivity index (χ4v) is 2.45. The lowest BCUT2D eigenvalue weighted by Gasteiger charge is -2.09. The highest BCUT2D eigenvalue weighted by Crippen LogP contribution is 2.23.